The summed E-state index contributed by atoms with van der Waals surface area (Å²) < 4.78 is 35.8. The summed E-state index contributed by atoms with van der Waals surface area (Å²) >= 11 is 0. The molecule has 2 aliphatic carbocycles. The van der Waals surface area contributed by atoms with E-state index in [1.165, 1.54) is 38.5 Å². The molecule has 2 aromatic rings. The first-order valence-corrected chi connectivity index (χ1v) is 14.6. The highest BCUT2D eigenvalue weighted by molar-refractivity contribution is 5.89. The average molecular weight is 611 g/mol. The Hall–Kier alpha value is -3.96. The zero-order valence-corrected chi connectivity index (χ0v) is 25.4. The summed E-state index contributed by atoms with van der Waals surface area (Å²) in [5.74, 6) is -3.30. The van der Waals surface area contributed by atoms with Crippen molar-refractivity contribution in [2.75, 3.05) is 6.61 Å². The predicted molar refractivity (Wildman–Crippen MR) is 154 cm³/mol. The third kappa shape index (κ3) is 5.21. The highest BCUT2D eigenvalue weighted by Gasteiger charge is 2.84. The first-order chi connectivity index (χ1) is 20.7. The molecule has 236 valence electrons. The van der Waals surface area contributed by atoms with Crippen molar-refractivity contribution in [1.82, 2.24) is 0 Å². The van der Waals surface area contributed by atoms with Gasteiger partial charge in [-0.2, -0.15) is 0 Å². The van der Waals surface area contributed by atoms with Crippen LogP contribution in [-0.2, 0) is 38.1 Å². The number of hydrogen-bond acceptors (Lipinski definition) is 11. The van der Waals surface area contributed by atoms with Crippen molar-refractivity contribution in [1.29, 1.82) is 0 Å². The Balaban J connectivity index is 1.67. The van der Waals surface area contributed by atoms with E-state index in [0.717, 1.165) is 5.56 Å². The molecule has 0 unspecified atom stereocenters. The molecule has 0 amide bonds. The number of esters is 4. The van der Waals surface area contributed by atoms with Crippen LogP contribution in [0.25, 0.3) is 6.08 Å². The van der Waals surface area contributed by atoms with E-state index >= 15 is 0 Å². The van der Waals surface area contributed by atoms with E-state index < -0.39 is 76.9 Å². The zero-order valence-electron chi connectivity index (χ0n) is 25.4. The van der Waals surface area contributed by atoms with Crippen molar-refractivity contribution >= 4 is 30.0 Å². The van der Waals surface area contributed by atoms with Crippen LogP contribution in [0.1, 0.15) is 69.8 Å². The molecule has 1 aromatic heterocycles. The van der Waals surface area contributed by atoms with Crippen molar-refractivity contribution in [2.45, 2.75) is 89.0 Å². The molecule has 44 heavy (non-hydrogen) atoms. The summed E-state index contributed by atoms with van der Waals surface area (Å²) in [5.41, 5.74) is -5.39. The summed E-state index contributed by atoms with van der Waals surface area (Å²) in [5, 5.41) is 12.3. The maximum Gasteiger partial charge on any atom is 0.341 e. The van der Waals surface area contributed by atoms with Crippen molar-refractivity contribution < 1.29 is 52.4 Å². The molecule has 1 aromatic carbocycles. The predicted octanol–water partition coefficient (Wildman–Crippen LogP) is 4.02. The zero-order chi connectivity index (χ0) is 31.9. The van der Waals surface area contributed by atoms with Gasteiger partial charge in [-0.15, -0.1) is 0 Å². The van der Waals surface area contributed by atoms with E-state index in [0.29, 0.717) is 0 Å². The van der Waals surface area contributed by atoms with Gasteiger partial charge in [0, 0.05) is 25.8 Å². The molecule has 1 saturated heterocycles. The minimum atomic E-state index is -1.85. The lowest BCUT2D eigenvalue weighted by Gasteiger charge is -2.64. The van der Waals surface area contributed by atoms with Crippen LogP contribution < -0.4 is 0 Å². The maximum atomic E-state index is 13.4. The normalized spacial score (nSPS) is 33.7. The van der Waals surface area contributed by atoms with Crippen molar-refractivity contribution in [2.24, 2.45) is 11.3 Å². The number of aliphatic hydroxyl groups is 1. The van der Waals surface area contributed by atoms with Gasteiger partial charge in [0.05, 0.1) is 23.0 Å². The van der Waals surface area contributed by atoms with Gasteiger partial charge in [0.2, 0.25) is 0 Å². The molecule has 11 heteroatoms. The molecule has 2 bridgehead atoms. The van der Waals surface area contributed by atoms with Gasteiger partial charge in [-0.3, -0.25) is 9.59 Å². The summed E-state index contributed by atoms with van der Waals surface area (Å²) in [4.78, 5) is 51.7. The molecule has 3 aliphatic rings. The molecule has 1 spiro atoms. The number of ether oxygens (including phenoxy) is 5. The number of fused-ring (bicyclic) bond motifs is 1. The Morgan fingerprint density at radius 3 is 2.34 bits per heavy atom. The fourth-order valence-corrected chi connectivity index (χ4v) is 7.53. The summed E-state index contributed by atoms with van der Waals surface area (Å²) in [6, 6.07) is 10.6. The quantitative estimate of drug-likeness (QED) is 0.262. The van der Waals surface area contributed by atoms with Gasteiger partial charge in [0.15, 0.2) is 5.60 Å². The van der Waals surface area contributed by atoms with Crippen LogP contribution >= 0.6 is 0 Å². The van der Waals surface area contributed by atoms with Crippen LogP contribution in [0.2, 0.25) is 0 Å². The molecule has 3 fully saturated rings. The van der Waals surface area contributed by atoms with Crippen LogP contribution in [0.15, 0.2) is 59.4 Å². The Kier molecular flexibility index (Phi) is 8.24. The molecule has 2 saturated carbocycles. The third-order valence-electron chi connectivity index (χ3n) is 9.37. The smallest absolute Gasteiger partial charge is 0.341 e. The fourth-order valence-electron chi connectivity index (χ4n) is 7.53. The highest BCUT2D eigenvalue weighted by atomic mass is 16.6. The monoisotopic (exact) mass is 610 g/mol. The number of benzene rings is 1. The number of hydrogen-bond donors (Lipinski definition) is 1. The van der Waals surface area contributed by atoms with Crippen LogP contribution in [0, 0.1) is 11.3 Å². The summed E-state index contributed by atoms with van der Waals surface area (Å²) in [6.45, 7) is 7.15. The lowest BCUT2D eigenvalue weighted by molar-refractivity contribution is -0.340. The molecular formula is C33H38O11. The first kappa shape index (κ1) is 31.5. The van der Waals surface area contributed by atoms with Gasteiger partial charge in [-0.1, -0.05) is 30.3 Å². The second kappa shape index (κ2) is 11.5. The Labute approximate surface area is 255 Å². The lowest BCUT2D eigenvalue weighted by atomic mass is 9.47. The lowest BCUT2D eigenvalue weighted by Crippen LogP contribution is -2.81. The molecule has 2 heterocycles. The molecular weight excluding hydrogens is 572 g/mol. The summed E-state index contributed by atoms with van der Waals surface area (Å²) in [6.07, 6.45) is 2.46. The van der Waals surface area contributed by atoms with Crippen molar-refractivity contribution in [3.8, 4) is 0 Å². The van der Waals surface area contributed by atoms with Crippen LogP contribution in [0.5, 0.6) is 0 Å². The van der Waals surface area contributed by atoms with Gasteiger partial charge in [-0.25, -0.2) is 9.59 Å². The topological polar surface area (TPSA) is 148 Å². The molecule has 7 atom stereocenters. The standard InChI is InChI=1S/C33H38O11/c1-20(34)40-19-32-25(41-21(2)35)13-15-31(5,38)33(32)28(43-29(37)23-14-16-39-18-23)24(30(3,4)44-33)17-26(32)42-27(36)12-11-22-9-7-6-8-10-22/h6-12,14,16,18,24-26,28,38H,13,15,17,19H2,1-5H3/t24-,25+,26+,28-,31+,32+,33+/m1/s1. The van der Waals surface area contributed by atoms with Crippen molar-refractivity contribution in [3.05, 3.63) is 66.1 Å². The van der Waals surface area contributed by atoms with Gasteiger partial charge in [0.25, 0.3) is 0 Å². The molecule has 0 radical (unpaired) electrons. The van der Waals surface area contributed by atoms with Crippen molar-refractivity contribution in [3.63, 3.8) is 0 Å². The van der Waals surface area contributed by atoms with E-state index in [2.05, 4.69) is 0 Å². The van der Waals surface area contributed by atoms with E-state index in [-0.39, 0.29) is 24.8 Å². The molecule has 1 aliphatic heterocycles. The van der Waals surface area contributed by atoms with Gasteiger partial charge in [-0.05, 0) is 57.7 Å². The van der Waals surface area contributed by atoms with Crippen LogP contribution in [0.4, 0.5) is 0 Å². The number of carbonyl (C=O) groups is 4. The second-order valence-corrected chi connectivity index (χ2v) is 12.5. The van der Waals surface area contributed by atoms with Gasteiger partial charge >= 0.3 is 23.9 Å². The summed E-state index contributed by atoms with van der Waals surface area (Å²) in [7, 11) is 0. The molecule has 1 N–H and O–H groups in total. The van der Waals surface area contributed by atoms with E-state index in [1.54, 1.807) is 26.8 Å². The van der Waals surface area contributed by atoms with Gasteiger partial charge in [0.1, 0.15) is 36.6 Å². The Morgan fingerprint density at radius 2 is 1.70 bits per heavy atom. The Bertz CT molecular complexity index is 1430. The maximum absolute atomic E-state index is 13.4. The van der Waals surface area contributed by atoms with Crippen LogP contribution in [0.3, 0.4) is 0 Å². The minimum Gasteiger partial charge on any atom is -0.472 e. The minimum absolute atomic E-state index is 0.0733. The number of rotatable bonds is 8. The second-order valence-electron chi connectivity index (χ2n) is 12.5. The molecule has 5 rings (SSSR count). The van der Waals surface area contributed by atoms with E-state index in [4.69, 9.17) is 28.1 Å². The van der Waals surface area contributed by atoms with E-state index in [1.807, 2.05) is 30.3 Å². The molecule has 11 nitrogen and oxygen atoms in total. The number of carbonyl (C=O) groups excluding carboxylic acids is 4. The highest BCUT2D eigenvalue weighted by Crippen LogP contribution is 2.69. The largest absolute Gasteiger partial charge is 0.472 e. The SMILES string of the molecule is CC(=O)OC[C@@]12[C@@H](OC(C)=O)CC[C@](C)(O)[C@]13OC(C)(C)[C@H](C[C@@H]2OC(=O)C=Cc1ccccc1)[C@H]3OC(=O)c1ccoc1. The number of furan rings is 1. The fraction of sp³-hybridized carbons (Fsp3) is 0.515. The van der Waals surface area contributed by atoms with Gasteiger partial charge < -0.3 is 33.2 Å². The third-order valence-corrected chi connectivity index (χ3v) is 9.37. The van der Waals surface area contributed by atoms with Crippen LogP contribution in [-0.4, -0.2) is 70.7 Å². The average Bonchev–Trinajstić information content (AvgIpc) is 3.55. The van der Waals surface area contributed by atoms with E-state index in [9.17, 15) is 24.3 Å². The Morgan fingerprint density at radius 1 is 0.977 bits per heavy atom. The first-order valence-electron chi connectivity index (χ1n) is 14.6.